The largest absolute Gasteiger partial charge is 0.494 e. The van der Waals surface area contributed by atoms with Crippen molar-refractivity contribution in [3.05, 3.63) is 66.1 Å². The van der Waals surface area contributed by atoms with E-state index in [1.807, 2.05) is 30.5 Å². The predicted octanol–water partition coefficient (Wildman–Crippen LogP) is 3.84. The van der Waals surface area contributed by atoms with Crippen LogP contribution in [0, 0.1) is 5.82 Å². The lowest BCUT2D eigenvalue weighted by molar-refractivity contribution is -0.130. The minimum Gasteiger partial charge on any atom is -0.494 e. The first-order valence-electron chi connectivity index (χ1n) is 8.19. The number of ether oxygens (including phenoxy) is 1. The number of para-hydroxylation sites is 1. The lowest BCUT2D eigenvalue weighted by Crippen LogP contribution is -2.27. The van der Waals surface area contributed by atoms with Crippen molar-refractivity contribution >= 4 is 16.8 Å². The molecule has 0 unspecified atom stereocenters. The fourth-order valence-corrected chi connectivity index (χ4v) is 2.91. The highest BCUT2D eigenvalue weighted by molar-refractivity contribution is 5.80. The van der Waals surface area contributed by atoms with Gasteiger partial charge in [0.25, 0.3) is 0 Å². The van der Waals surface area contributed by atoms with Gasteiger partial charge in [0, 0.05) is 38.3 Å². The van der Waals surface area contributed by atoms with E-state index in [0.29, 0.717) is 19.5 Å². The van der Waals surface area contributed by atoms with Crippen LogP contribution in [-0.4, -0.2) is 29.5 Å². The van der Waals surface area contributed by atoms with Gasteiger partial charge in [-0.25, -0.2) is 4.39 Å². The standard InChI is InChI=1S/C20H21FN2O2/c1-22(14-15-7-8-19(25-2)17(21)13-15)20(24)10-12-23-11-9-16-5-3-4-6-18(16)23/h3-9,11,13H,10,12,14H2,1-2H3. The summed E-state index contributed by atoms with van der Waals surface area (Å²) in [5.74, 6) is -0.189. The molecular weight excluding hydrogens is 319 g/mol. The first-order valence-corrected chi connectivity index (χ1v) is 8.19. The van der Waals surface area contributed by atoms with E-state index in [-0.39, 0.29) is 11.7 Å². The van der Waals surface area contributed by atoms with Crippen molar-refractivity contribution in [2.75, 3.05) is 14.2 Å². The number of aromatic nitrogens is 1. The molecule has 3 aromatic rings. The van der Waals surface area contributed by atoms with Gasteiger partial charge >= 0.3 is 0 Å². The Hall–Kier alpha value is -2.82. The fourth-order valence-electron chi connectivity index (χ4n) is 2.91. The van der Waals surface area contributed by atoms with E-state index in [0.717, 1.165) is 16.5 Å². The molecule has 0 spiro atoms. The Kier molecular flexibility index (Phi) is 5.03. The molecule has 1 amide bonds. The van der Waals surface area contributed by atoms with Crippen molar-refractivity contribution in [1.29, 1.82) is 0 Å². The number of rotatable bonds is 6. The minimum absolute atomic E-state index is 0.0222. The van der Waals surface area contributed by atoms with Crippen LogP contribution in [0.25, 0.3) is 10.9 Å². The summed E-state index contributed by atoms with van der Waals surface area (Å²) in [4.78, 5) is 14.0. The summed E-state index contributed by atoms with van der Waals surface area (Å²) >= 11 is 0. The average molecular weight is 340 g/mol. The summed E-state index contributed by atoms with van der Waals surface area (Å²) in [6.45, 7) is 0.986. The fraction of sp³-hybridized carbons (Fsp3) is 0.250. The second-order valence-electron chi connectivity index (χ2n) is 6.04. The number of carbonyl (C=O) groups is 1. The molecule has 0 atom stereocenters. The topological polar surface area (TPSA) is 34.5 Å². The first-order chi connectivity index (χ1) is 12.1. The van der Waals surface area contributed by atoms with Gasteiger partial charge in [-0.3, -0.25) is 4.79 Å². The molecule has 0 fully saturated rings. The van der Waals surface area contributed by atoms with Crippen LogP contribution in [0.2, 0.25) is 0 Å². The van der Waals surface area contributed by atoms with Crippen LogP contribution in [0.15, 0.2) is 54.7 Å². The molecule has 3 rings (SSSR count). The van der Waals surface area contributed by atoms with Gasteiger partial charge in [-0.1, -0.05) is 24.3 Å². The number of amides is 1. The van der Waals surface area contributed by atoms with Crippen molar-refractivity contribution in [1.82, 2.24) is 9.47 Å². The summed E-state index contributed by atoms with van der Waals surface area (Å²) < 4.78 is 20.7. The van der Waals surface area contributed by atoms with Gasteiger partial charge in [-0.2, -0.15) is 0 Å². The van der Waals surface area contributed by atoms with Gasteiger partial charge < -0.3 is 14.2 Å². The smallest absolute Gasteiger partial charge is 0.224 e. The van der Waals surface area contributed by atoms with E-state index in [1.54, 1.807) is 24.1 Å². The lowest BCUT2D eigenvalue weighted by atomic mass is 10.2. The maximum atomic E-state index is 13.8. The molecule has 4 nitrogen and oxygen atoms in total. The highest BCUT2D eigenvalue weighted by Gasteiger charge is 2.12. The van der Waals surface area contributed by atoms with Gasteiger partial charge in [-0.05, 0) is 35.2 Å². The average Bonchev–Trinajstić information content (AvgIpc) is 3.03. The van der Waals surface area contributed by atoms with Crippen LogP contribution >= 0.6 is 0 Å². The highest BCUT2D eigenvalue weighted by atomic mass is 19.1. The zero-order valence-electron chi connectivity index (χ0n) is 14.4. The van der Waals surface area contributed by atoms with E-state index < -0.39 is 5.82 Å². The normalized spacial score (nSPS) is 10.8. The third-order valence-corrected chi connectivity index (χ3v) is 4.31. The molecule has 25 heavy (non-hydrogen) atoms. The zero-order valence-corrected chi connectivity index (χ0v) is 14.4. The Morgan fingerprint density at radius 3 is 2.76 bits per heavy atom. The van der Waals surface area contributed by atoms with Gasteiger partial charge in [-0.15, -0.1) is 0 Å². The molecule has 0 radical (unpaired) electrons. The molecule has 0 aliphatic carbocycles. The number of aryl methyl sites for hydroxylation is 1. The molecule has 0 bridgehead atoms. The number of hydrogen-bond acceptors (Lipinski definition) is 2. The van der Waals surface area contributed by atoms with E-state index in [9.17, 15) is 9.18 Å². The van der Waals surface area contributed by atoms with Crippen molar-refractivity contribution < 1.29 is 13.9 Å². The van der Waals surface area contributed by atoms with Crippen LogP contribution in [0.5, 0.6) is 5.75 Å². The lowest BCUT2D eigenvalue weighted by Gasteiger charge is -2.18. The molecule has 0 saturated heterocycles. The Morgan fingerprint density at radius 2 is 2.00 bits per heavy atom. The molecule has 1 aromatic heterocycles. The summed E-state index contributed by atoms with van der Waals surface area (Å²) in [5.41, 5.74) is 1.86. The van der Waals surface area contributed by atoms with E-state index in [1.165, 1.54) is 13.2 Å². The number of methoxy groups -OCH3 is 1. The molecule has 0 saturated carbocycles. The quantitative estimate of drug-likeness (QED) is 0.683. The molecule has 1 heterocycles. The molecule has 0 aliphatic rings. The molecule has 0 N–H and O–H groups in total. The second kappa shape index (κ2) is 7.38. The minimum atomic E-state index is -0.417. The maximum absolute atomic E-state index is 13.8. The SMILES string of the molecule is COc1ccc(CN(C)C(=O)CCn2ccc3ccccc32)cc1F. The number of halogens is 1. The second-order valence-corrected chi connectivity index (χ2v) is 6.04. The maximum Gasteiger partial charge on any atom is 0.224 e. The van der Waals surface area contributed by atoms with E-state index in [4.69, 9.17) is 4.74 Å². The molecule has 130 valence electrons. The summed E-state index contributed by atoms with van der Waals surface area (Å²) in [6, 6.07) is 14.9. The van der Waals surface area contributed by atoms with Crippen molar-refractivity contribution in [2.45, 2.75) is 19.5 Å². The van der Waals surface area contributed by atoms with E-state index >= 15 is 0 Å². The number of fused-ring (bicyclic) bond motifs is 1. The number of hydrogen-bond donors (Lipinski definition) is 0. The van der Waals surface area contributed by atoms with E-state index in [2.05, 4.69) is 10.6 Å². The number of nitrogens with zero attached hydrogens (tertiary/aromatic N) is 2. The van der Waals surface area contributed by atoms with Crippen LogP contribution in [0.1, 0.15) is 12.0 Å². The van der Waals surface area contributed by atoms with Crippen molar-refractivity contribution in [2.24, 2.45) is 0 Å². The Balaban J connectivity index is 1.60. The van der Waals surface area contributed by atoms with Gasteiger partial charge in [0.05, 0.1) is 7.11 Å². The third kappa shape index (κ3) is 3.82. The Bertz CT molecular complexity index is 888. The Morgan fingerprint density at radius 1 is 1.20 bits per heavy atom. The van der Waals surface area contributed by atoms with Crippen LogP contribution in [-0.2, 0) is 17.9 Å². The summed E-state index contributed by atoms with van der Waals surface area (Å²) in [5, 5.41) is 1.16. The van der Waals surface area contributed by atoms with Crippen LogP contribution in [0.3, 0.4) is 0 Å². The zero-order chi connectivity index (χ0) is 17.8. The molecule has 0 aliphatic heterocycles. The highest BCUT2D eigenvalue weighted by Crippen LogP contribution is 2.19. The van der Waals surface area contributed by atoms with Crippen molar-refractivity contribution in [3.8, 4) is 5.75 Å². The summed E-state index contributed by atoms with van der Waals surface area (Å²) in [7, 11) is 3.16. The number of carbonyl (C=O) groups excluding carboxylic acids is 1. The van der Waals surface area contributed by atoms with Gasteiger partial charge in [0.1, 0.15) is 0 Å². The molecule has 5 heteroatoms. The summed E-state index contributed by atoms with van der Waals surface area (Å²) in [6.07, 6.45) is 2.39. The predicted molar refractivity (Wildman–Crippen MR) is 96.0 cm³/mol. The van der Waals surface area contributed by atoms with Crippen molar-refractivity contribution in [3.63, 3.8) is 0 Å². The first kappa shape index (κ1) is 17.0. The van der Waals surface area contributed by atoms with Crippen LogP contribution < -0.4 is 4.74 Å². The monoisotopic (exact) mass is 340 g/mol. The van der Waals surface area contributed by atoms with Gasteiger partial charge in [0.2, 0.25) is 5.91 Å². The van der Waals surface area contributed by atoms with Gasteiger partial charge in [0.15, 0.2) is 11.6 Å². The Labute approximate surface area is 146 Å². The molecule has 2 aromatic carbocycles. The number of benzene rings is 2. The van der Waals surface area contributed by atoms with Crippen LogP contribution in [0.4, 0.5) is 4.39 Å². The third-order valence-electron chi connectivity index (χ3n) is 4.31. The molecular formula is C20H21FN2O2.